The molecule has 4 rings (SSSR count). The highest BCUT2D eigenvalue weighted by molar-refractivity contribution is 5.99. The van der Waals surface area contributed by atoms with Crippen LogP contribution in [0.3, 0.4) is 0 Å². The Bertz CT molecular complexity index is 873. The molecule has 3 N–H and O–H groups in total. The molecule has 1 aliphatic carbocycles. The third-order valence-corrected chi connectivity index (χ3v) is 5.75. The Morgan fingerprint density at radius 3 is 2.72 bits per heavy atom. The van der Waals surface area contributed by atoms with E-state index in [2.05, 4.69) is 15.6 Å². The van der Waals surface area contributed by atoms with Gasteiger partial charge in [-0.15, -0.1) is 0 Å². The highest BCUT2D eigenvalue weighted by atomic mass is 16.5. The number of aliphatic hydroxyl groups is 1. The zero-order valence-corrected chi connectivity index (χ0v) is 16.9. The third kappa shape index (κ3) is 4.58. The fourth-order valence-corrected chi connectivity index (χ4v) is 4.02. The fourth-order valence-electron chi connectivity index (χ4n) is 4.02. The molecule has 2 amide bonds. The number of hydrogen-bond acceptors (Lipinski definition) is 6. The molecule has 1 unspecified atom stereocenters. The van der Waals surface area contributed by atoms with E-state index in [-0.39, 0.29) is 24.1 Å². The monoisotopic (exact) mass is 403 g/mol. The number of aliphatic imine (C=N–C) groups is 1. The largest absolute Gasteiger partial charge is 0.481 e. The summed E-state index contributed by atoms with van der Waals surface area (Å²) in [6.07, 6.45) is 10.8. The minimum absolute atomic E-state index is 0.0825. The van der Waals surface area contributed by atoms with Gasteiger partial charge in [0, 0.05) is 18.2 Å². The summed E-state index contributed by atoms with van der Waals surface area (Å²) >= 11 is 0. The van der Waals surface area contributed by atoms with Crippen LogP contribution in [0.1, 0.15) is 52.4 Å². The molecule has 8 nitrogen and oxygen atoms in total. The van der Waals surface area contributed by atoms with Crippen molar-refractivity contribution < 1.29 is 23.5 Å². The number of carbonyl (C=O) groups is 1. The van der Waals surface area contributed by atoms with Crippen LogP contribution < -0.4 is 15.4 Å². The minimum atomic E-state index is -0.856. The lowest BCUT2D eigenvalue weighted by Gasteiger charge is -2.31. The van der Waals surface area contributed by atoms with Gasteiger partial charge in [0.1, 0.15) is 24.3 Å². The molecule has 0 saturated heterocycles. The summed E-state index contributed by atoms with van der Waals surface area (Å²) in [5.41, 5.74) is 0.508. The quantitative estimate of drug-likeness (QED) is 0.697. The molecule has 1 fully saturated rings. The Hall–Kier alpha value is -2.48. The van der Waals surface area contributed by atoms with Gasteiger partial charge in [0.05, 0.1) is 12.1 Å². The van der Waals surface area contributed by atoms with Gasteiger partial charge in [-0.1, -0.05) is 19.3 Å². The summed E-state index contributed by atoms with van der Waals surface area (Å²) in [4.78, 5) is 16.6. The summed E-state index contributed by atoms with van der Waals surface area (Å²) in [5.74, 6) is 0.387. The Morgan fingerprint density at radius 1 is 1.21 bits per heavy atom. The van der Waals surface area contributed by atoms with Gasteiger partial charge in [0.25, 0.3) is 0 Å². The molecule has 1 saturated carbocycles. The Balaban J connectivity index is 1.39. The molecule has 0 aromatic carbocycles. The molecular formula is C21H29N3O5. The molecule has 8 heteroatoms. The lowest BCUT2D eigenvalue weighted by molar-refractivity contribution is 0.0246. The van der Waals surface area contributed by atoms with E-state index in [1.54, 1.807) is 20.1 Å². The van der Waals surface area contributed by atoms with Gasteiger partial charge in [-0.2, -0.15) is 0 Å². The molecule has 3 heterocycles. The Labute approximate surface area is 169 Å². The number of urea groups is 1. The van der Waals surface area contributed by atoms with Crippen LogP contribution in [0.2, 0.25) is 0 Å². The van der Waals surface area contributed by atoms with E-state index in [4.69, 9.17) is 13.6 Å². The van der Waals surface area contributed by atoms with E-state index in [1.807, 2.05) is 0 Å². The molecule has 158 valence electrons. The number of amides is 2. The maximum Gasteiger partial charge on any atom is 0.319 e. The predicted octanol–water partition coefficient (Wildman–Crippen LogP) is 4.09. The molecule has 2 atom stereocenters. The van der Waals surface area contributed by atoms with Crippen LogP contribution in [0.25, 0.3) is 11.2 Å². The summed E-state index contributed by atoms with van der Waals surface area (Å²) in [7, 11) is 0. The maximum atomic E-state index is 12.3. The number of anilines is 1. The molecule has 2 aromatic rings. The van der Waals surface area contributed by atoms with Gasteiger partial charge in [-0.05, 0) is 33.1 Å². The van der Waals surface area contributed by atoms with E-state index < -0.39 is 5.60 Å². The number of fused-ring (bicyclic) bond motifs is 1. The van der Waals surface area contributed by atoms with Crippen LogP contribution in [0, 0.1) is 5.92 Å². The fraction of sp³-hybridized carbons (Fsp3) is 0.619. The van der Waals surface area contributed by atoms with Gasteiger partial charge in [-0.25, -0.2) is 4.79 Å². The first-order valence-corrected chi connectivity index (χ1v) is 10.4. The van der Waals surface area contributed by atoms with Crippen LogP contribution >= 0.6 is 0 Å². The van der Waals surface area contributed by atoms with Crippen molar-refractivity contribution in [3.8, 4) is 5.75 Å². The van der Waals surface area contributed by atoms with Crippen molar-refractivity contribution in [1.29, 1.82) is 0 Å². The number of nitrogens with one attached hydrogen (secondary N) is 2. The number of nitrogens with zero attached hydrogens (tertiary/aromatic N) is 1. The summed E-state index contributed by atoms with van der Waals surface area (Å²) in [5, 5.41) is 16.0. The molecule has 2 aliphatic rings. The molecular weight excluding hydrogens is 374 g/mol. The lowest BCUT2D eigenvalue weighted by atomic mass is 9.86. The first-order valence-electron chi connectivity index (χ1n) is 10.4. The van der Waals surface area contributed by atoms with E-state index in [1.165, 1.54) is 18.9 Å². The van der Waals surface area contributed by atoms with Crippen molar-refractivity contribution in [2.75, 3.05) is 11.9 Å². The minimum Gasteiger partial charge on any atom is -0.481 e. The van der Waals surface area contributed by atoms with Gasteiger partial charge in [-0.3, -0.25) is 4.99 Å². The van der Waals surface area contributed by atoms with Crippen molar-refractivity contribution in [2.45, 2.75) is 70.1 Å². The van der Waals surface area contributed by atoms with E-state index in [9.17, 15) is 9.90 Å². The smallest absolute Gasteiger partial charge is 0.319 e. The zero-order valence-electron chi connectivity index (χ0n) is 16.9. The molecule has 0 bridgehead atoms. The highest BCUT2D eigenvalue weighted by Crippen LogP contribution is 2.36. The number of ether oxygens (including phenoxy) is 1. The lowest BCUT2D eigenvalue weighted by Crippen LogP contribution is -2.39. The average Bonchev–Trinajstić information content (AvgIpc) is 3.26. The number of carbonyl (C=O) groups excluding carboxylic acids is 1. The topological polar surface area (TPSA) is 109 Å². The summed E-state index contributed by atoms with van der Waals surface area (Å²) in [6.45, 7) is 4.05. The predicted molar refractivity (Wildman–Crippen MR) is 110 cm³/mol. The summed E-state index contributed by atoms with van der Waals surface area (Å²) < 4.78 is 17.2. The van der Waals surface area contributed by atoms with Gasteiger partial charge >= 0.3 is 6.03 Å². The normalized spacial score (nSPS) is 23.3. The number of hydrogen-bond donors (Lipinski definition) is 3. The standard InChI is InChI=1S/C21H29N3O5/c1-21(2,26)13-8-15(10-22-9-13)29-17-12-28-18-16(11-27-19(17)18)24-20(25)23-14-6-4-3-5-7-14/h9,11-15,26H,3-8,10H2,1-2H3,(H2,23,24,25)/t13?,15-/m0/s1. The van der Waals surface area contributed by atoms with Crippen molar-refractivity contribution in [1.82, 2.24) is 5.32 Å². The van der Waals surface area contributed by atoms with Gasteiger partial charge in [0.15, 0.2) is 5.58 Å². The first kappa shape index (κ1) is 19.8. The van der Waals surface area contributed by atoms with Crippen molar-refractivity contribution in [2.24, 2.45) is 10.9 Å². The zero-order chi connectivity index (χ0) is 20.4. The van der Waals surface area contributed by atoms with Crippen molar-refractivity contribution in [3.05, 3.63) is 12.5 Å². The van der Waals surface area contributed by atoms with Crippen LogP contribution in [-0.4, -0.2) is 41.6 Å². The van der Waals surface area contributed by atoms with Crippen molar-refractivity contribution >= 4 is 29.1 Å². The molecule has 29 heavy (non-hydrogen) atoms. The third-order valence-electron chi connectivity index (χ3n) is 5.75. The van der Waals surface area contributed by atoms with E-state index in [0.29, 0.717) is 35.6 Å². The van der Waals surface area contributed by atoms with Crippen LogP contribution in [0.5, 0.6) is 5.75 Å². The maximum absolute atomic E-state index is 12.3. The van der Waals surface area contributed by atoms with Gasteiger partial charge < -0.3 is 29.3 Å². The van der Waals surface area contributed by atoms with Crippen LogP contribution in [-0.2, 0) is 0 Å². The number of furan rings is 2. The van der Waals surface area contributed by atoms with Crippen LogP contribution in [0.15, 0.2) is 26.4 Å². The molecule has 1 aliphatic heterocycles. The first-order chi connectivity index (χ1) is 13.9. The molecule has 0 radical (unpaired) electrons. The van der Waals surface area contributed by atoms with Crippen LogP contribution in [0.4, 0.5) is 10.5 Å². The van der Waals surface area contributed by atoms with Gasteiger partial charge in [0.2, 0.25) is 11.3 Å². The van der Waals surface area contributed by atoms with E-state index >= 15 is 0 Å². The second kappa shape index (κ2) is 8.10. The second-order valence-electron chi connectivity index (χ2n) is 8.59. The number of rotatable bonds is 5. The molecule has 2 aromatic heterocycles. The van der Waals surface area contributed by atoms with E-state index in [0.717, 1.165) is 25.7 Å². The Morgan fingerprint density at radius 2 is 1.97 bits per heavy atom. The highest BCUT2D eigenvalue weighted by Gasteiger charge is 2.32. The SMILES string of the molecule is CC(C)(O)C1C=NC[C@@H](Oc2coc3c(NC(=O)NC4CCCCC4)coc23)C1. The average molecular weight is 403 g/mol. The Kier molecular flexibility index (Phi) is 5.54. The van der Waals surface area contributed by atoms with Crippen molar-refractivity contribution in [3.63, 3.8) is 0 Å². The second-order valence-corrected chi connectivity index (χ2v) is 8.59. The molecule has 0 spiro atoms. The summed E-state index contributed by atoms with van der Waals surface area (Å²) in [6, 6.07) is -0.0367.